The molecule has 1 rings (SSSR count). The van der Waals surface area contributed by atoms with E-state index in [1.807, 2.05) is 0 Å². The fraction of sp³-hybridized carbons (Fsp3) is 0.200. The van der Waals surface area contributed by atoms with Crippen LogP contribution in [0.4, 0.5) is 5.82 Å². The minimum atomic E-state index is -0.743. The van der Waals surface area contributed by atoms with Crippen molar-refractivity contribution in [3.8, 4) is 0 Å². The Hall–Kier alpha value is -1.92. The largest absolute Gasteiger partial charge is 0.364 e. The van der Waals surface area contributed by atoms with Crippen LogP contribution in [0.5, 0.6) is 0 Å². The number of carbonyl (C=O) groups is 2. The Morgan fingerprint density at radius 1 is 1.50 bits per heavy atom. The Morgan fingerprint density at radius 2 is 2.17 bits per heavy atom. The quantitative estimate of drug-likeness (QED) is 0.519. The molecule has 1 heterocycles. The zero-order chi connectivity index (χ0) is 9.14. The molecule has 0 aliphatic heterocycles. The molecule has 7 nitrogen and oxygen atoms in total. The van der Waals surface area contributed by atoms with E-state index in [1.54, 1.807) is 0 Å². The molecule has 0 saturated carbocycles. The number of nitrogens with two attached hydrogens (primary N) is 1. The molecule has 0 atom stereocenters. The molecule has 1 aromatic rings. The minimum absolute atomic E-state index is 0.0509. The molecule has 0 spiro atoms. The van der Waals surface area contributed by atoms with E-state index in [4.69, 9.17) is 5.73 Å². The predicted molar refractivity (Wildman–Crippen MR) is 39.2 cm³/mol. The maximum absolute atomic E-state index is 10.6. The van der Waals surface area contributed by atoms with Crippen molar-refractivity contribution in [3.05, 3.63) is 5.69 Å². The van der Waals surface area contributed by atoms with Crippen molar-refractivity contribution in [1.82, 2.24) is 15.4 Å². The summed E-state index contributed by atoms with van der Waals surface area (Å²) < 4.78 is 0. The first-order valence-corrected chi connectivity index (χ1v) is 3.09. The lowest BCUT2D eigenvalue weighted by Gasteiger charge is -1.95. The molecule has 0 radical (unpaired) electrons. The third-order valence-electron chi connectivity index (χ3n) is 1.08. The van der Waals surface area contributed by atoms with E-state index in [2.05, 4.69) is 20.7 Å². The molecule has 0 aliphatic rings. The van der Waals surface area contributed by atoms with E-state index < -0.39 is 5.91 Å². The fourth-order valence-electron chi connectivity index (χ4n) is 0.657. The number of rotatable bonds is 2. The number of primary amides is 1. The molecular formula is C5H7N5O2. The number of aromatic amines is 1. The molecule has 12 heavy (non-hydrogen) atoms. The zero-order valence-electron chi connectivity index (χ0n) is 6.29. The summed E-state index contributed by atoms with van der Waals surface area (Å²) >= 11 is 0. The Bertz CT molecular complexity index is 317. The minimum Gasteiger partial charge on any atom is -0.364 e. The first-order valence-electron chi connectivity index (χ1n) is 3.09. The van der Waals surface area contributed by atoms with E-state index in [0.717, 1.165) is 0 Å². The Labute approximate surface area is 67.3 Å². The van der Waals surface area contributed by atoms with Gasteiger partial charge in [-0.25, -0.2) is 0 Å². The number of amides is 2. The van der Waals surface area contributed by atoms with Gasteiger partial charge in [-0.1, -0.05) is 0 Å². The van der Waals surface area contributed by atoms with Crippen molar-refractivity contribution in [2.75, 3.05) is 5.32 Å². The van der Waals surface area contributed by atoms with Crippen LogP contribution in [0.2, 0.25) is 0 Å². The van der Waals surface area contributed by atoms with Gasteiger partial charge in [-0.05, 0) is 0 Å². The van der Waals surface area contributed by atoms with Gasteiger partial charge in [-0.15, -0.1) is 10.2 Å². The van der Waals surface area contributed by atoms with Crippen molar-refractivity contribution in [3.63, 3.8) is 0 Å². The number of hydrogen-bond acceptors (Lipinski definition) is 4. The molecule has 64 valence electrons. The lowest BCUT2D eigenvalue weighted by molar-refractivity contribution is -0.114. The summed E-state index contributed by atoms with van der Waals surface area (Å²) in [7, 11) is 0. The number of anilines is 1. The second-order valence-corrected chi connectivity index (χ2v) is 2.07. The van der Waals surface area contributed by atoms with E-state index in [0.29, 0.717) is 0 Å². The summed E-state index contributed by atoms with van der Waals surface area (Å²) in [6.45, 7) is 1.29. The highest BCUT2D eigenvalue weighted by molar-refractivity contribution is 5.99. The molecule has 0 aliphatic carbocycles. The SMILES string of the molecule is CC(=O)Nc1n[nH]nc1C(N)=O. The van der Waals surface area contributed by atoms with Crippen molar-refractivity contribution >= 4 is 17.6 Å². The summed E-state index contributed by atoms with van der Waals surface area (Å²) in [6.07, 6.45) is 0. The van der Waals surface area contributed by atoms with Gasteiger partial charge in [0.05, 0.1) is 0 Å². The number of hydrogen-bond donors (Lipinski definition) is 3. The average Bonchev–Trinajstić information content (AvgIpc) is 2.33. The van der Waals surface area contributed by atoms with Crippen molar-refractivity contribution < 1.29 is 9.59 Å². The average molecular weight is 169 g/mol. The number of nitrogens with zero attached hydrogens (tertiary/aromatic N) is 2. The molecule has 0 aromatic carbocycles. The Morgan fingerprint density at radius 3 is 2.67 bits per heavy atom. The molecule has 0 bridgehead atoms. The molecule has 1 aromatic heterocycles. The molecule has 4 N–H and O–H groups in total. The van der Waals surface area contributed by atoms with Crippen LogP contribution in [0.15, 0.2) is 0 Å². The van der Waals surface area contributed by atoms with Crippen molar-refractivity contribution in [2.45, 2.75) is 6.92 Å². The van der Waals surface area contributed by atoms with Gasteiger partial charge in [-0.2, -0.15) is 5.21 Å². The highest BCUT2D eigenvalue weighted by atomic mass is 16.2. The van der Waals surface area contributed by atoms with Gasteiger partial charge in [0.2, 0.25) is 5.91 Å². The number of nitrogens with one attached hydrogen (secondary N) is 2. The van der Waals surface area contributed by atoms with Crippen LogP contribution in [0, 0.1) is 0 Å². The van der Waals surface area contributed by atoms with Crippen LogP contribution in [0.1, 0.15) is 17.4 Å². The molecule has 0 fully saturated rings. The van der Waals surface area contributed by atoms with Crippen molar-refractivity contribution in [2.24, 2.45) is 5.73 Å². The van der Waals surface area contributed by atoms with Crippen LogP contribution < -0.4 is 11.1 Å². The van der Waals surface area contributed by atoms with Crippen LogP contribution >= 0.6 is 0 Å². The lowest BCUT2D eigenvalue weighted by atomic mass is 10.4. The van der Waals surface area contributed by atoms with Crippen LogP contribution in [0.3, 0.4) is 0 Å². The van der Waals surface area contributed by atoms with E-state index in [9.17, 15) is 9.59 Å². The lowest BCUT2D eigenvalue weighted by Crippen LogP contribution is -2.16. The summed E-state index contributed by atoms with van der Waals surface area (Å²) in [5, 5.41) is 11.4. The van der Waals surface area contributed by atoms with Crippen LogP contribution in [0.25, 0.3) is 0 Å². The van der Waals surface area contributed by atoms with Gasteiger partial charge in [0.1, 0.15) is 0 Å². The van der Waals surface area contributed by atoms with E-state index in [-0.39, 0.29) is 17.4 Å². The van der Waals surface area contributed by atoms with Crippen LogP contribution in [-0.2, 0) is 4.79 Å². The maximum Gasteiger partial charge on any atom is 0.273 e. The molecular weight excluding hydrogens is 162 g/mol. The number of aromatic nitrogens is 3. The summed E-state index contributed by atoms with van der Waals surface area (Å²) in [6, 6.07) is 0. The highest BCUT2D eigenvalue weighted by Gasteiger charge is 2.13. The van der Waals surface area contributed by atoms with Gasteiger partial charge in [0.15, 0.2) is 11.5 Å². The standard InChI is InChI=1S/C5H7N5O2/c1-2(11)7-5-3(4(6)12)8-10-9-5/h1H3,(H2,6,12)(H2,7,8,9,10,11). The fourth-order valence-corrected chi connectivity index (χ4v) is 0.657. The summed E-state index contributed by atoms with van der Waals surface area (Å²) in [4.78, 5) is 21.2. The number of carbonyl (C=O) groups excluding carboxylic acids is 2. The normalized spacial score (nSPS) is 9.42. The molecule has 2 amide bonds. The summed E-state index contributed by atoms with van der Waals surface area (Å²) in [5.74, 6) is -1.03. The molecule has 7 heteroatoms. The van der Waals surface area contributed by atoms with Gasteiger partial charge in [-0.3, -0.25) is 9.59 Å². The van der Waals surface area contributed by atoms with Gasteiger partial charge in [0.25, 0.3) is 5.91 Å². The van der Waals surface area contributed by atoms with Crippen LogP contribution in [-0.4, -0.2) is 27.2 Å². The third-order valence-corrected chi connectivity index (χ3v) is 1.08. The summed E-state index contributed by atoms with van der Waals surface area (Å²) in [5.41, 5.74) is 4.84. The topological polar surface area (TPSA) is 114 Å². The first-order chi connectivity index (χ1) is 5.61. The number of H-pyrrole nitrogens is 1. The third kappa shape index (κ3) is 1.57. The van der Waals surface area contributed by atoms with Crippen molar-refractivity contribution in [1.29, 1.82) is 0 Å². The molecule has 0 unspecified atom stereocenters. The monoisotopic (exact) mass is 169 g/mol. The second kappa shape index (κ2) is 2.99. The second-order valence-electron chi connectivity index (χ2n) is 2.07. The zero-order valence-corrected chi connectivity index (χ0v) is 6.29. The van der Waals surface area contributed by atoms with Gasteiger partial charge >= 0.3 is 0 Å². The van der Waals surface area contributed by atoms with E-state index in [1.165, 1.54) is 6.92 Å². The Balaban J connectivity index is 2.91. The Kier molecular flexibility index (Phi) is 2.04. The maximum atomic E-state index is 10.6. The van der Waals surface area contributed by atoms with Gasteiger partial charge in [0, 0.05) is 6.92 Å². The highest BCUT2D eigenvalue weighted by Crippen LogP contribution is 2.05. The van der Waals surface area contributed by atoms with E-state index >= 15 is 0 Å². The molecule has 0 saturated heterocycles. The first kappa shape index (κ1) is 8.18. The smallest absolute Gasteiger partial charge is 0.273 e. The van der Waals surface area contributed by atoms with Gasteiger partial charge < -0.3 is 11.1 Å². The predicted octanol–water partition coefficient (Wildman–Crippen LogP) is -1.14.